The van der Waals surface area contributed by atoms with Crippen LogP contribution in [-0.4, -0.2) is 24.0 Å². The molecule has 146 valence electrons. The lowest BCUT2D eigenvalue weighted by Gasteiger charge is -2.19. The Morgan fingerprint density at radius 2 is 1.93 bits per heavy atom. The van der Waals surface area contributed by atoms with Gasteiger partial charge in [0, 0.05) is 29.4 Å². The van der Waals surface area contributed by atoms with Gasteiger partial charge in [-0.25, -0.2) is 0 Å². The van der Waals surface area contributed by atoms with Gasteiger partial charge >= 0.3 is 0 Å². The molecule has 1 aliphatic heterocycles. The molecule has 4 rings (SSSR count). The van der Waals surface area contributed by atoms with Gasteiger partial charge in [-0.15, -0.1) is 0 Å². The highest BCUT2D eigenvalue weighted by atomic mass is 16.5. The van der Waals surface area contributed by atoms with Gasteiger partial charge in [0.25, 0.3) is 11.8 Å². The molecule has 0 fully saturated rings. The van der Waals surface area contributed by atoms with Gasteiger partial charge in [-0.1, -0.05) is 12.1 Å². The molecule has 0 saturated carbocycles. The molecule has 2 heterocycles. The maximum atomic E-state index is 12.4. The SMILES string of the molecule is COc1ccc(CN/C=C2\C(=O)NC(=O)c3ccc(-c4ccoc4)cc32)cc1O. The first-order valence-electron chi connectivity index (χ1n) is 8.89. The van der Waals surface area contributed by atoms with Crippen molar-refractivity contribution in [3.05, 3.63) is 77.9 Å². The average molecular weight is 390 g/mol. The Morgan fingerprint density at radius 3 is 2.66 bits per heavy atom. The van der Waals surface area contributed by atoms with Crippen LogP contribution in [0.4, 0.5) is 0 Å². The zero-order chi connectivity index (χ0) is 20.4. The van der Waals surface area contributed by atoms with Gasteiger partial charge in [-0.3, -0.25) is 14.9 Å². The van der Waals surface area contributed by atoms with Gasteiger partial charge in [-0.2, -0.15) is 0 Å². The van der Waals surface area contributed by atoms with E-state index in [0.717, 1.165) is 16.7 Å². The van der Waals surface area contributed by atoms with Crippen molar-refractivity contribution in [2.45, 2.75) is 6.54 Å². The number of rotatable bonds is 5. The minimum atomic E-state index is -0.475. The molecule has 0 atom stereocenters. The fourth-order valence-corrected chi connectivity index (χ4v) is 3.19. The van der Waals surface area contributed by atoms with Gasteiger partial charge in [0.05, 0.1) is 25.2 Å². The lowest BCUT2D eigenvalue weighted by Crippen LogP contribution is -2.37. The molecule has 29 heavy (non-hydrogen) atoms. The fourth-order valence-electron chi connectivity index (χ4n) is 3.19. The summed E-state index contributed by atoms with van der Waals surface area (Å²) in [7, 11) is 1.48. The normalized spacial score (nSPS) is 14.4. The second-order valence-corrected chi connectivity index (χ2v) is 6.50. The summed E-state index contributed by atoms with van der Waals surface area (Å²) in [5, 5.41) is 15.3. The molecule has 7 heteroatoms. The summed E-state index contributed by atoms with van der Waals surface area (Å²) in [6, 6.07) is 12.2. The van der Waals surface area contributed by atoms with E-state index in [1.807, 2.05) is 12.1 Å². The molecule has 0 spiro atoms. The molecule has 0 saturated heterocycles. The Morgan fingerprint density at radius 1 is 1.07 bits per heavy atom. The minimum absolute atomic E-state index is 0.0376. The standard InChI is InChI=1S/C22H18N2O5/c1-28-20-5-2-13(8-19(20)25)10-23-11-18-17-9-14(15-6-7-29-12-15)3-4-16(17)21(26)24-22(18)27/h2-9,11-12,23,25H,10H2,1H3,(H,24,26,27)/b18-11-. The van der Waals surface area contributed by atoms with E-state index in [1.165, 1.54) is 7.11 Å². The third-order valence-electron chi connectivity index (χ3n) is 4.68. The zero-order valence-corrected chi connectivity index (χ0v) is 15.6. The van der Waals surface area contributed by atoms with Crippen molar-refractivity contribution >= 4 is 17.4 Å². The topological polar surface area (TPSA) is 101 Å². The fraction of sp³-hybridized carbons (Fsp3) is 0.0909. The molecule has 0 aliphatic carbocycles. The van der Waals surface area contributed by atoms with Crippen molar-refractivity contribution in [2.24, 2.45) is 0 Å². The Hall–Kier alpha value is -4.00. The lowest BCUT2D eigenvalue weighted by molar-refractivity contribution is -0.114. The van der Waals surface area contributed by atoms with Gasteiger partial charge in [0.1, 0.15) is 0 Å². The van der Waals surface area contributed by atoms with Crippen LogP contribution in [0.2, 0.25) is 0 Å². The number of nitrogens with one attached hydrogen (secondary N) is 2. The third kappa shape index (κ3) is 3.58. The summed E-state index contributed by atoms with van der Waals surface area (Å²) in [5.74, 6) is -0.480. The number of aromatic hydroxyl groups is 1. The Bertz CT molecular complexity index is 1120. The molecule has 7 nitrogen and oxygen atoms in total. The molecule has 1 aromatic heterocycles. The van der Waals surface area contributed by atoms with Crippen LogP contribution in [0.5, 0.6) is 11.5 Å². The second kappa shape index (κ2) is 7.55. The first kappa shape index (κ1) is 18.4. The number of hydrogen-bond acceptors (Lipinski definition) is 6. The second-order valence-electron chi connectivity index (χ2n) is 6.50. The van der Waals surface area contributed by atoms with Crippen molar-refractivity contribution in [1.29, 1.82) is 0 Å². The summed E-state index contributed by atoms with van der Waals surface area (Å²) in [6.07, 6.45) is 4.74. The molecule has 0 radical (unpaired) electrons. The number of carbonyl (C=O) groups is 2. The minimum Gasteiger partial charge on any atom is -0.504 e. The molecule has 2 amide bonds. The van der Waals surface area contributed by atoms with E-state index in [9.17, 15) is 14.7 Å². The first-order chi connectivity index (χ1) is 14.1. The van der Waals surface area contributed by atoms with E-state index in [2.05, 4.69) is 10.6 Å². The monoisotopic (exact) mass is 390 g/mol. The average Bonchev–Trinajstić information content (AvgIpc) is 3.25. The van der Waals surface area contributed by atoms with Crippen molar-refractivity contribution in [2.75, 3.05) is 7.11 Å². The number of methoxy groups -OCH3 is 1. The summed E-state index contributed by atoms with van der Waals surface area (Å²) in [5.41, 5.74) is 3.82. The number of imide groups is 1. The number of amides is 2. The number of carbonyl (C=O) groups excluding carboxylic acids is 2. The van der Waals surface area contributed by atoms with Crippen molar-refractivity contribution in [1.82, 2.24) is 10.6 Å². The summed E-state index contributed by atoms with van der Waals surface area (Å²) in [4.78, 5) is 24.6. The maximum Gasteiger partial charge on any atom is 0.260 e. The summed E-state index contributed by atoms with van der Waals surface area (Å²) in [6.45, 7) is 0.374. The molecule has 2 aromatic carbocycles. The number of phenols is 1. The van der Waals surface area contributed by atoms with Crippen LogP contribution in [0, 0.1) is 0 Å². The Labute approximate surface area is 166 Å². The molecule has 0 unspecified atom stereocenters. The van der Waals surface area contributed by atoms with E-state index in [-0.39, 0.29) is 5.75 Å². The van der Waals surface area contributed by atoms with E-state index < -0.39 is 11.8 Å². The van der Waals surface area contributed by atoms with E-state index in [1.54, 1.807) is 49.1 Å². The number of benzene rings is 2. The molecule has 3 N–H and O–H groups in total. The quantitative estimate of drug-likeness (QED) is 0.457. The number of phenolic OH excluding ortho intramolecular Hbond substituents is 1. The zero-order valence-electron chi connectivity index (χ0n) is 15.6. The highest BCUT2D eigenvalue weighted by Crippen LogP contribution is 2.30. The lowest BCUT2D eigenvalue weighted by atomic mass is 9.92. The number of ether oxygens (including phenoxy) is 1. The van der Waals surface area contributed by atoms with Crippen LogP contribution in [0.25, 0.3) is 16.7 Å². The molecule has 3 aromatic rings. The van der Waals surface area contributed by atoms with Crippen LogP contribution < -0.4 is 15.4 Å². The molecular weight excluding hydrogens is 372 g/mol. The number of fused-ring (bicyclic) bond motifs is 1. The van der Waals surface area contributed by atoms with Crippen molar-refractivity contribution in [3.63, 3.8) is 0 Å². The van der Waals surface area contributed by atoms with Crippen LogP contribution in [0.15, 0.2) is 65.6 Å². The van der Waals surface area contributed by atoms with Gasteiger partial charge in [-0.05, 0) is 41.5 Å². The van der Waals surface area contributed by atoms with Crippen LogP contribution >= 0.6 is 0 Å². The maximum absolute atomic E-state index is 12.4. The van der Waals surface area contributed by atoms with Crippen LogP contribution in [0.1, 0.15) is 21.5 Å². The molecular formula is C22H18N2O5. The summed E-state index contributed by atoms with van der Waals surface area (Å²) >= 11 is 0. The van der Waals surface area contributed by atoms with Crippen LogP contribution in [0.3, 0.4) is 0 Å². The van der Waals surface area contributed by atoms with Crippen LogP contribution in [-0.2, 0) is 11.3 Å². The van der Waals surface area contributed by atoms with Crippen molar-refractivity contribution in [3.8, 4) is 22.6 Å². The molecule has 0 bridgehead atoms. The van der Waals surface area contributed by atoms with Gasteiger partial charge in [0.2, 0.25) is 0 Å². The number of hydrogen-bond donors (Lipinski definition) is 3. The smallest absolute Gasteiger partial charge is 0.260 e. The summed E-state index contributed by atoms with van der Waals surface area (Å²) < 4.78 is 10.2. The highest BCUT2D eigenvalue weighted by Gasteiger charge is 2.27. The largest absolute Gasteiger partial charge is 0.504 e. The van der Waals surface area contributed by atoms with E-state index in [4.69, 9.17) is 9.15 Å². The predicted molar refractivity (Wildman–Crippen MR) is 106 cm³/mol. The molecule has 1 aliphatic rings. The Balaban J connectivity index is 1.62. The first-order valence-corrected chi connectivity index (χ1v) is 8.89. The van der Waals surface area contributed by atoms with Gasteiger partial charge < -0.3 is 19.6 Å². The van der Waals surface area contributed by atoms with E-state index >= 15 is 0 Å². The Kier molecular flexibility index (Phi) is 4.78. The van der Waals surface area contributed by atoms with E-state index in [0.29, 0.717) is 29.0 Å². The van der Waals surface area contributed by atoms with Crippen molar-refractivity contribution < 1.29 is 23.8 Å². The third-order valence-corrected chi connectivity index (χ3v) is 4.68. The highest BCUT2D eigenvalue weighted by molar-refractivity contribution is 6.31. The van der Waals surface area contributed by atoms with Gasteiger partial charge in [0.15, 0.2) is 11.5 Å². The number of furan rings is 1. The predicted octanol–water partition coefficient (Wildman–Crippen LogP) is 3.06.